The second-order valence-electron chi connectivity index (χ2n) is 6.75. The zero-order valence-corrected chi connectivity index (χ0v) is 12.9. The molecule has 1 saturated heterocycles. The molecule has 2 aliphatic rings. The molecule has 3 heteroatoms. The Balaban J connectivity index is 1.40. The highest BCUT2D eigenvalue weighted by Gasteiger charge is 2.28. The fourth-order valence-corrected chi connectivity index (χ4v) is 3.93. The van der Waals surface area contributed by atoms with Gasteiger partial charge < -0.3 is 10.4 Å². The van der Waals surface area contributed by atoms with Crippen molar-refractivity contribution < 1.29 is 5.11 Å². The minimum Gasteiger partial charge on any atom is -0.396 e. The molecule has 1 heterocycles. The molecule has 21 heavy (non-hydrogen) atoms. The van der Waals surface area contributed by atoms with Gasteiger partial charge in [-0.2, -0.15) is 0 Å². The topological polar surface area (TPSA) is 35.5 Å². The number of rotatable bonds is 6. The summed E-state index contributed by atoms with van der Waals surface area (Å²) in [5.74, 6) is 1.23. The van der Waals surface area contributed by atoms with E-state index in [4.69, 9.17) is 0 Å². The molecule has 3 nitrogen and oxygen atoms in total. The largest absolute Gasteiger partial charge is 0.396 e. The summed E-state index contributed by atoms with van der Waals surface area (Å²) >= 11 is 0. The van der Waals surface area contributed by atoms with Crippen molar-refractivity contribution in [3.8, 4) is 0 Å². The van der Waals surface area contributed by atoms with E-state index in [9.17, 15) is 5.11 Å². The maximum Gasteiger partial charge on any atom is 0.0462 e. The summed E-state index contributed by atoms with van der Waals surface area (Å²) in [6.45, 7) is 4.89. The second kappa shape index (κ2) is 7.39. The zero-order valence-electron chi connectivity index (χ0n) is 12.9. The van der Waals surface area contributed by atoms with Gasteiger partial charge in [0.15, 0.2) is 0 Å². The summed E-state index contributed by atoms with van der Waals surface area (Å²) in [6, 6.07) is 11.4. The van der Waals surface area contributed by atoms with E-state index in [-0.39, 0.29) is 0 Å². The third-order valence-corrected chi connectivity index (χ3v) is 5.24. The molecule has 2 fully saturated rings. The molecule has 1 saturated carbocycles. The van der Waals surface area contributed by atoms with Crippen LogP contribution in [-0.2, 0) is 6.54 Å². The fourth-order valence-electron chi connectivity index (χ4n) is 3.93. The molecule has 2 N–H and O–H groups in total. The monoisotopic (exact) mass is 288 g/mol. The third-order valence-electron chi connectivity index (χ3n) is 5.24. The minimum absolute atomic E-state index is 0.372. The van der Waals surface area contributed by atoms with Gasteiger partial charge in [-0.1, -0.05) is 36.8 Å². The number of nitrogens with one attached hydrogen (secondary N) is 1. The second-order valence-corrected chi connectivity index (χ2v) is 6.75. The molecule has 0 aromatic heterocycles. The summed E-state index contributed by atoms with van der Waals surface area (Å²) in [4.78, 5) is 2.55. The van der Waals surface area contributed by atoms with E-state index in [2.05, 4.69) is 40.5 Å². The Morgan fingerprint density at radius 3 is 2.71 bits per heavy atom. The molecule has 1 aromatic rings. The lowest BCUT2D eigenvalue weighted by atomic mass is 9.96. The van der Waals surface area contributed by atoms with E-state index in [1.54, 1.807) is 0 Å². The highest BCUT2D eigenvalue weighted by Crippen LogP contribution is 2.30. The number of benzene rings is 1. The standard InChI is InChI=1S/C18H28N2O/c21-14-17-8-4-7-16(17)11-19-18-9-10-20(13-18)12-15-5-2-1-3-6-15/h1-3,5-6,16-19,21H,4,7-14H2. The first-order valence-electron chi connectivity index (χ1n) is 8.45. The van der Waals surface area contributed by atoms with E-state index in [1.807, 2.05) is 0 Å². The Bertz CT molecular complexity index is 422. The van der Waals surface area contributed by atoms with E-state index < -0.39 is 0 Å². The summed E-state index contributed by atoms with van der Waals surface area (Å²) < 4.78 is 0. The first kappa shape index (κ1) is 15.0. The van der Waals surface area contributed by atoms with Crippen LogP contribution in [0.1, 0.15) is 31.2 Å². The van der Waals surface area contributed by atoms with Crippen molar-refractivity contribution in [2.24, 2.45) is 11.8 Å². The fraction of sp³-hybridized carbons (Fsp3) is 0.667. The Morgan fingerprint density at radius 2 is 1.90 bits per heavy atom. The molecule has 1 aromatic carbocycles. The SMILES string of the molecule is OCC1CCCC1CNC1CCN(Cc2ccccc2)C1. The highest BCUT2D eigenvalue weighted by atomic mass is 16.3. The van der Waals surface area contributed by atoms with Crippen LogP contribution in [-0.4, -0.2) is 42.3 Å². The molecule has 0 bridgehead atoms. The molecule has 0 amide bonds. The van der Waals surface area contributed by atoms with Crippen LogP contribution in [0.15, 0.2) is 30.3 Å². The van der Waals surface area contributed by atoms with Gasteiger partial charge in [-0.15, -0.1) is 0 Å². The van der Waals surface area contributed by atoms with Crippen LogP contribution in [0.5, 0.6) is 0 Å². The van der Waals surface area contributed by atoms with Gasteiger partial charge in [0.1, 0.15) is 0 Å². The van der Waals surface area contributed by atoms with Crippen LogP contribution in [0.2, 0.25) is 0 Å². The van der Waals surface area contributed by atoms with Gasteiger partial charge in [0, 0.05) is 32.3 Å². The van der Waals surface area contributed by atoms with Gasteiger partial charge in [-0.3, -0.25) is 4.90 Å². The van der Waals surface area contributed by atoms with Crippen molar-refractivity contribution in [3.05, 3.63) is 35.9 Å². The van der Waals surface area contributed by atoms with Crippen molar-refractivity contribution in [3.63, 3.8) is 0 Å². The van der Waals surface area contributed by atoms with Crippen molar-refractivity contribution in [2.45, 2.75) is 38.3 Å². The molecule has 116 valence electrons. The number of hydrogen-bond donors (Lipinski definition) is 2. The predicted octanol–water partition coefficient (Wildman–Crippen LogP) is 2.26. The Hall–Kier alpha value is -0.900. The van der Waals surface area contributed by atoms with Crippen LogP contribution < -0.4 is 5.32 Å². The molecule has 1 aliphatic carbocycles. The molecule has 3 atom stereocenters. The molecule has 0 spiro atoms. The van der Waals surface area contributed by atoms with Gasteiger partial charge in [-0.25, -0.2) is 0 Å². The maximum absolute atomic E-state index is 9.40. The molecule has 1 aliphatic heterocycles. The quantitative estimate of drug-likeness (QED) is 0.843. The summed E-state index contributed by atoms with van der Waals surface area (Å²) in [5.41, 5.74) is 1.41. The van der Waals surface area contributed by atoms with Gasteiger partial charge in [0.25, 0.3) is 0 Å². The van der Waals surface area contributed by atoms with Gasteiger partial charge in [0.2, 0.25) is 0 Å². The first-order chi connectivity index (χ1) is 10.3. The van der Waals surface area contributed by atoms with Crippen LogP contribution in [0.3, 0.4) is 0 Å². The molecular weight excluding hydrogens is 260 g/mol. The Kier molecular flexibility index (Phi) is 5.28. The van der Waals surface area contributed by atoms with Crippen LogP contribution in [0, 0.1) is 11.8 Å². The first-order valence-corrected chi connectivity index (χ1v) is 8.45. The number of aliphatic hydroxyl groups excluding tert-OH is 1. The van der Waals surface area contributed by atoms with Crippen LogP contribution in [0.4, 0.5) is 0 Å². The smallest absolute Gasteiger partial charge is 0.0462 e. The lowest BCUT2D eigenvalue weighted by molar-refractivity contribution is 0.190. The zero-order chi connectivity index (χ0) is 14.5. The summed E-state index contributed by atoms with van der Waals surface area (Å²) in [7, 11) is 0. The minimum atomic E-state index is 0.372. The van der Waals surface area contributed by atoms with E-state index in [1.165, 1.54) is 37.8 Å². The average molecular weight is 288 g/mol. The highest BCUT2D eigenvalue weighted by molar-refractivity contribution is 5.14. The molecule has 3 rings (SSSR count). The predicted molar refractivity (Wildman–Crippen MR) is 86.0 cm³/mol. The number of likely N-dealkylation sites (tertiary alicyclic amines) is 1. The summed E-state index contributed by atoms with van der Waals surface area (Å²) in [6.07, 6.45) is 5.05. The molecular formula is C18H28N2O. The molecule has 0 radical (unpaired) electrons. The number of nitrogens with zero attached hydrogens (tertiary/aromatic N) is 1. The van der Waals surface area contributed by atoms with E-state index in [0.717, 1.165) is 19.6 Å². The maximum atomic E-state index is 9.40. The third kappa shape index (κ3) is 4.06. The molecule has 3 unspecified atom stereocenters. The lowest BCUT2D eigenvalue weighted by Gasteiger charge is -2.21. The van der Waals surface area contributed by atoms with E-state index in [0.29, 0.717) is 24.5 Å². The number of hydrogen-bond acceptors (Lipinski definition) is 3. The lowest BCUT2D eigenvalue weighted by Crippen LogP contribution is -2.37. The van der Waals surface area contributed by atoms with Crippen molar-refractivity contribution >= 4 is 0 Å². The van der Waals surface area contributed by atoms with Crippen LogP contribution in [0.25, 0.3) is 0 Å². The normalized spacial score (nSPS) is 30.0. The Morgan fingerprint density at radius 1 is 1.10 bits per heavy atom. The van der Waals surface area contributed by atoms with Crippen molar-refractivity contribution in [1.29, 1.82) is 0 Å². The summed E-state index contributed by atoms with van der Waals surface area (Å²) in [5, 5.41) is 13.1. The van der Waals surface area contributed by atoms with Gasteiger partial charge in [-0.05, 0) is 43.2 Å². The van der Waals surface area contributed by atoms with Crippen LogP contribution >= 0.6 is 0 Å². The van der Waals surface area contributed by atoms with Gasteiger partial charge in [0.05, 0.1) is 0 Å². The Labute approximate surface area is 128 Å². The number of aliphatic hydroxyl groups is 1. The average Bonchev–Trinajstić information content (AvgIpc) is 3.15. The van der Waals surface area contributed by atoms with E-state index >= 15 is 0 Å². The van der Waals surface area contributed by atoms with Crippen molar-refractivity contribution in [2.75, 3.05) is 26.2 Å². The van der Waals surface area contributed by atoms with Crippen molar-refractivity contribution in [1.82, 2.24) is 10.2 Å². The van der Waals surface area contributed by atoms with Gasteiger partial charge >= 0.3 is 0 Å².